The summed E-state index contributed by atoms with van der Waals surface area (Å²) in [6, 6.07) is 5.63. The summed E-state index contributed by atoms with van der Waals surface area (Å²) in [6.07, 6.45) is 6.06. The molecule has 0 aromatic heterocycles. The average Bonchev–Trinajstić information content (AvgIpc) is 2.80. The van der Waals surface area contributed by atoms with Crippen molar-refractivity contribution in [1.82, 2.24) is 0 Å². The smallest absolute Gasteiger partial charge is 0.169 e. The minimum atomic E-state index is -0.302. The first kappa shape index (κ1) is 13.4. The molecule has 4 heteroatoms. The summed E-state index contributed by atoms with van der Waals surface area (Å²) in [5.74, 6) is -0.302. The van der Waals surface area contributed by atoms with E-state index in [4.69, 9.17) is 32.7 Å². The third kappa shape index (κ3) is 3.14. The van der Waals surface area contributed by atoms with Crippen molar-refractivity contribution in [2.45, 2.75) is 31.5 Å². The standard InChI is InChI=1S/C15H16Cl2O2/c16-13-8-12(9-14(17)10-13)7-11-1-3-15(4-2-11)18-5-6-19-15/h7-10H,1-6H2. The Balaban J connectivity index is 1.72. The molecule has 1 saturated carbocycles. The zero-order valence-corrected chi connectivity index (χ0v) is 12.1. The van der Waals surface area contributed by atoms with Gasteiger partial charge in [0.2, 0.25) is 0 Å². The van der Waals surface area contributed by atoms with E-state index in [-0.39, 0.29) is 5.79 Å². The van der Waals surface area contributed by atoms with Gasteiger partial charge in [-0.25, -0.2) is 0 Å². The first-order chi connectivity index (χ1) is 9.15. The lowest BCUT2D eigenvalue weighted by Crippen LogP contribution is -2.33. The fourth-order valence-electron chi connectivity index (χ4n) is 2.78. The maximum Gasteiger partial charge on any atom is 0.169 e. The summed E-state index contributed by atoms with van der Waals surface area (Å²) in [6.45, 7) is 1.45. The Bertz CT molecular complexity index is 473. The zero-order chi connectivity index (χ0) is 13.3. The lowest BCUT2D eigenvalue weighted by Gasteiger charge is -2.32. The van der Waals surface area contributed by atoms with Crippen LogP contribution in [0.15, 0.2) is 23.8 Å². The molecule has 0 radical (unpaired) electrons. The summed E-state index contributed by atoms with van der Waals surface area (Å²) < 4.78 is 11.5. The van der Waals surface area contributed by atoms with E-state index in [2.05, 4.69) is 6.08 Å². The van der Waals surface area contributed by atoms with Crippen LogP contribution in [0.1, 0.15) is 31.2 Å². The number of hydrogen-bond acceptors (Lipinski definition) is 2. The Hall–Kier alpha value is -0.540. The Kier molecular flexibility index (Phi) is 3.86. The molecule has 1 aromatic carbocycles. The minimum Gasteiger partial charge on any atom is -0.348 e. The SMILES string of the molecule is Clc1cc(Cl)cc(C=C2CCC3(CC2)OCCO3)c1. The van der Waals surface area contributed by atoms with Crippen molar-refractivity contribution in [3.8, 4) is 0 Å². The molecule has 0 bridgehead atoms. The lowest BCUT2D eigenvalue weighted by atomic mass is 9.88. The Morgan fingerprint density at radius 3 is 2.11 bits per heavy atom. The van der Waals surface area contributed by atoms with Gasteiger partial charge in [0.15, 0.2) is 5.79 Å². The van der Waals surface area contributed by atoms with E-state index in [1.165, 1.54) is 5.57 Å². The van der Waals surface area contributed by atoms with Gasteiger partial charge in [-0.2, -0.15) is 0 Å². The number of allylic oxidation sites excluding steroid dienone is 1. The van der Waals surface area contributed by atoms with Gasteiger partial charge in [-0.1, -0.05) is 34.9 Å². The van der Waals surface area contributed by atoms with E-state index < -0.39 is 0 Å². The third-order valence-electron chi connectivity index (χ3n) is 3.72. The van der Waals surface area contributed by atoms with E-state index in [1.807, 2.05) is 12.1 Å². The van der Waals surface area contributed by atoms with Gasteiger partial charge >= 0.3 is 0 Å². The maximum atomic E-state index is 6.01. The molecule has 0 unspecified atom stereocenters. The molecule has 2 aliphatic rings. The van der Waals surface area contributed by atoms with Gasteiger partial charge in [0.05, 0.1) is 13.2 Å². The topological polar surface area (TPSA) is 18.5 Å². The van der Waals surface area contributed by atoms with Crippen LogP contribution in [0, 0.1) is 0 Å². The number of hydrogen-bond donors (Lipinski definition) is 0. The molecule has 1 aliphatic carbocycles. The quantitative estimate of drug-likeness (QED) is 0.748. The van der Waals surface area contributed by atoms with E-state index in [9.17, 15) is 0 Å². The highest BCUT2D eigenvalue weighted by atomic mass is 35.5. The van der Waals surface area contributed by atoms with Crippen molar-refractivity contribution in [1.29, 1.82) is 0 Å². The molecule has 102 valence electrons. The Labute approximate surface area is 123 Å². The molecule has 0 amide bonds. The summed E-state index contributed by atoms with van der Waals surface area (Å²) in [5.41, 5.74) is 2.47. The van der Waals surface area contributed by atoms with Crippen molar-refractivity contribution >= 4 is 29.3 Å². The molecule has 19 heavy (non-hydrogen) atoms. The molecule has 2 nitrogen and oxygen atoms in total. The number of benzene rings is 1. The molecule has 1 saturated heterocycles. The van der Waals surface area contributed by atoms with Crippen LogP contribution in [-0.4, -0.2) is 19.0 Å². The monoisotopic (exact) mass is 298 g/mol. The zero-order valence-electron chi connectivity index (χ0n) is 10.6. The van der Waals surface area contributed by atoms with Crippen LogP contribution in [0.3, 0.4) is 0 Å². The molecule has 0 atom stereocenters. The van der Waals surface area contributed by atoms with Crippen molar-refractivity contribution < 1.29 is 9.47 Å². The molecule has 1 aromatic rings. The van der Waals surface area contributed by atoms with E-state index in [0.717, 1.165) is 44.5 Å². The Morgan fingerprint density at radius 2 is 1.53 bits per heavy atom. The number of rotatable bonds is 1. The molecule has 3 rings (SSSR count). The number of halogens is 2. The molecular weight excluding hydrogens is 283 g/mol. The van der Waals surface area contributed by atoms with Crippen LogP contribution in [0.4, 0.5) is 0 Å². The highest BCUT2D eigenvalue weighted by molar-refractivity contribution is 6.34. The molecule has 1 aliphatic heterocycles. The largest absolute Gasteiger partial charge is 0.348 e. The molecular formula is C15H16Cl2O2. The second kappa shape index (κ2) is 5.45. The highest BCUT2D eigenvalue weighted by Gasteiger charge is 2.38. The lowest BCUT2D eigenvalue weighted by molar-refractivity contribution is -0.171. The minimum absolute atomic E-state index is 0.302. The summed E-state index contributed by atoms with van der Waals surface area (Å²) in [7, 11) is 0. The van der Waals surface area contributed by atoms with Gasteiger partial charge in [0.25, 0.3) is 0 Å². The van der Waals surface area contributed by atoms with Crippen LogP contribution in [0.25, 0.3) is 6.08 Å². The van der Waals surface area contributed by atoms with E-state index in [1.54, 1.807) is 6.07 Å². The summed E-state index contributed by atoms with van der Waals surface area (Å²) in [4.78, 5) is 0. The van der Waals surface area contributed by atoms with Crippen molar-refractivity contribution in [2.24, 2.45) is 0 Å². The maximum absolute atomic E-state index is 6.01. The molecule has 0 N–H and O–H groups in total. The molecule has 2 fully saturated rings. The first-order valence-electron chi connectivity index (χ1n) is 6.59. The van der Waals surface area contributed by atoms with Crippen molar-refractivity contribution in [2.75, 3.05) is 13.2 Å². The van der Waals surface area contributed by atoms with E-state index in [0.29, 0.717) is 10.0 Å². The van der Waals surface area contributed by atoms with Crippen LogP contribution in [0.2, 0.25) is 10.0 Å². The van der Waals surface area contributed by atoms with Gasteiger partial charge in [-0.15, -0.1) is 0 Å². The van der Waals surface area contributed by atoms with E-state index >= 15 is 0 Å². The van der Waals surface area contributed by atoms with Crippen molar-refractivity contribution in [3.63, 3.8) is 0 Å². The first-order valence-corrected chi connectivity index (χ1v) is 7.34. The van der Waals surface area contributed by atoms with Gasteiger partial charge in [-0.05, 0) is 36.6 Å². The Morgan fingerprint density at radius 1 is 0.947 bits per heavy atom. The fourth-order valence-corrected chi connectivity index (χ4v) is 3.32. The molecule has 1 heterocycles. The average molecular weight is 299 g/mol. The van der Waals surface area contributed by atoms with Gasteiger partial charge in [-0.3, -0.25) is 0 Å². The van der Waals surface area contributed by atoms with Crippen LogP contribution in [-0.2, 0) is 9.47 Å². The van der Waals surface area contributed by atoms with Gasteiger partial charge < -0.3 is 9.47 Å². The van der Waals surface area contributed by atoms with Crippen molar-refractivity contribution in [3.05, 3.63) is 39.4 Å². The number of ether oxygens (including phenoxy) is 2. The van der Waals surface area contributed by atoms with Crippen LogP contribution >= 0.6 is 23.2 Å². The van der Waals surface area contributed by atoms with Gasteiger partial charge in [0, 0.05) is 22.9 Å². The third-order valence-corrected chi connectivity index (χ3v) is 4.16. The van der Waals surface area contributed by atoms with Crippen LogP contribution < -0.4 is 0 Å². The van der Waals surface area contributed by atoms with Crippen LogP contribution in [0.5, 0.6) is 0 Å². The fraction of sp³-hybridized carbons (Fsp3) is 0.467. The normalized spacial score (nSPS) is 21.9. The molecule has 1 spiro atoms. The van der Waals surface area contributed by atoms with Gasteiger partial charge in [0.1, 0.15) is 0 Å². The predicted molar refractivity (Wildman–Crippen MR) is 77.5 cm³/mol. The summed E-state index contributed by atoms with van der Waals surface area (Å²) >= 11 is 12.0. The second-order valence-electron chi connectivity index (χ2n) is 5.11. The predicted octanol–water partition coefficient (Wildman–Crippen LogP) is 4.69. The summed E-state index contributed by atoms with van der Waals surface area (Å²) in [5, 5.41) is 1.35. The second-order valence-corrected chi connectivity index (χ2v) is 5.99. The highest BCUT2D eigenvalue weighted by Crippen LogP contribution is 2.38.